The van der Waals surface area contributed by atoms with Crippen LogP contribution in [0.5, 0.6) is 0 Å². The molecule has 2 saturated carbocycles. The van der Waals surface area contributed by atoms with Crippen molar-refractivity contribution in [2.45, 2.75) is 53.1 Å². The van der Waals surface area contributed by atoms with Crippen LogP contribution in [0.2, 0.25) is 0 Å². The Bertz CT molecular complexity index is 469. The van der Waals surface area contributed by atoms with Crippen molar-refractivity contribution >= 4 is 11.9 Å². The molecule has 6 unspecified atom stereocenters. The first-order valence-electron chi connectivity index (χ1n) is 8.83. The predicted molar refractivity (Wildman–Crippen MR) is 86.9 cm³/mol. The van der Waals surface area contributed by atoms with Gasteiger partial charge in [-0.3, -0.25) is 14.8 Å². The molecule has 0 aromatic rings. The zero-order chi connectivity index (χ0) is 18.1. The highest BCUT2D eigenvalue weighted by atomic mass is 17.1. The van der Waals surface area contributed by atoms with Crippen molar-refractivity contribution in [3.63, 3.8) is 0 Å². The molecule has 0 aromatic heterocycles. The summed E-state index contributed by atoms with van der Waals surface area (Å²) in [4.78, 5) is 29.3. The quantitative estimate of drug-likeness (QED) is 0.346. The summed E-state index contributed by atoms with van der Waals surface area (Å²) < 4.78 is 10.9. The van der Waals surface area contributed by atoms with Crippen molar-refractivity contribution in [3.05, 3.63) is 0 Å². The van der Waals surface area contributed by atoms with E-state index in [0.717, 1.165) is 6.42 Å². The molecule has 0 aromatic carbocycles. The summed E-state index contributed by atoms with van der Waals surface area (Å²) in [5.41, 5.74) is -0.569. The van der Waals surface area contributed by atoms with Crippen LogP contribution < -0.4 is 0 Å². The van der Waals surface area contributed by atoms with E-state index in [4.69, 9.17) is 14.7 Å². The zero-order valence-corrected chi connectivity index (χ0v) is 15.3. The smallest absolute Gasteiger partial charge is 0.310 e. The van der Waals surface area contributed by atoms with Crippen molar-refractivity contribution in [1.82, 2.24) is 0 Å². The molecule has 0 amide bonds. The van der Waals surface area contributed by atoms with E-state index < -0.39 is 17.4 Å². The van der Waals surface area contributed by atoms with Gasteiger partial charge in [-0.25, -0.2) is 4.89 Å². The van der Waals surface area contributed by atoms with Gasteiger partial charge in [0, 0.05) is 6.42 Å². The predicted octanol–water partition coefficient (Wildman–Crippen LogP) is 2.91. The third-order valence-corrected chi connectivity index (χ3v) is 5.61. The first kappa shape index (κ1) is 19.2. The van der Waals surface area contributed by atoms with Crippen LogP contribution in [0.4, 0.5) is 0 Å². The number of carbonyl (C=O) groups is 2. The van der Waals surface area contributed by atoms with Gasteiger partial charge in [0.15, 0.2) is 0 Å². The molecule has 6 atom stereocenters. The molecule has 24 heavy (non-hydrogen) atoms. The average molecular weight is 342 g/mol. The maximum atomic E-state index is 12.7. The van der Waals surface area contributed by atoms with Gasteiger partial charge in [-0.2, -0.15) is 0 Å². The molecule has 0 heterocycles. The Morgan fingerprint density at radius 1 is 1.00 bits per heavy atom. The lowest BCUT2D eigenvalue weighted by Crippen LogP contribution is -2.44. The lowest BCUT2D eigenvalue weighted by Gasteiger charge is -2.37. The Kier molecular flexibility index (Phi) is 5.91. The lowest BCUT2D eigenvalue weighted by molar-refractivity contribution is -0.244. The molecule has 138 valence electrons. The number of esters is 2. The lowest BCUT2D eigenvalue weighted by atomic mass is 9.69. The molecule has 2 aliphatic carbocycles. The molecule has 0 aliphatic heterocycles. The number of rotatable bonds is 6. The maximum Gasteiger partial charge on any atom is 0.310 e. The minimum atomic E-state index is -0.569. The van der Waals surface area contributed by atoms with Gasteiger partial charge in [-0.1, -0.05) is 13.8 Å². The minimum absolute atomic E-state index is 0.118. The van der Waals surface area contributed by atoms with E-state index in [-0.39, 0.29) is 37.0 Å². The van der Waals surface area contributed by atoms with Gasteiger partial charge in [0.2, 0.25) is 0 Å². The Labute approximate surface area is 143 Å². The molecule has 0 spiro atoms. The Morgan fingerprint density at radius 2 is 1.54 bits per heavy atom. The first-order valence-corrected chi connectivity index (χ1v) is 8.83. The topological polar surface area (TPSA) is 82.1 Å². The first-order chi connectivity index (χ1) is 11.2. The standard InChI is InChI=1S/C18H30O6/c1-10-11(2)13-9-12(10)14(16(19)22-7-6-8-23-21)15(13)17(20)24-18(3,4)5/h10-15,21H,6-9H2,1-5H3. The summed E-state index contributed by atoms with van der Waals surface area (Å²) >= 11 is 0. The van der Waals surface area contributed by atoms with Crippen molar-refractivity contribution in [2.75, 3.05) is 13.2 Å². The van der Waals surface area contributed by atoms with Gasteiger partial charge in [-0.15, -0.1) is 0 Å². The SMILES string of the molecule is CC1C(C)C2CC1C(C(=O)OCCCOO)C2C(=O)OC(C)(C)C. The van der Waals surface area contributed by atoms with Crippen LogP contribution in [0.15, 0.2) is 0 Å². The van der Waals surface area contributed by atoms with E-state index in [1.54, 1.807) is 0 Å². The van der Waals surface area contributed by atoms with E-state index >= 15 is 0 Å². The van der Waals surface area contributed by atoms with E-state index in [2.05, 4.69) is 18.7 Å². The molecule has 0 saturated heterocycles. The van der Waals surface area contributed by atoms with Gasteiger partial charge in [-0.05, 0) is 50.9 Å². The molecule has 0 radical (unpaired) electrons. The highest BCUT2D eigenvalue weighted by molar-refractivity contribution is 5.84. The molecule has 2 fully saturated rings. The van der Waals surface area contributed by atoms with Gasteiger partial charge in [0.25, 0.3) is 0 Å². The van der Waals surface area contributed by atoms with Crippen molar-refractivity contribution in [1.29, 1.82) is 0 Å². The second kappa shape index (κ2) is 7.40. The summed E-state index contributed by atoms with van der Waals surface area (Å²) in [6, 6.07) is 0. The summed E-state index contributed by atoms with van der Waals surface area (Å²) in [5.74, 6) is -0.300. The maximum absolute atomic E-state index is 12.7. The van der Waals surface area contributed by atoms with Crippen LogP contribution in [-0.2, 0) is 24.0 Å². The summed E-state index contributed by atoms with van der Waals surface area (Å²) in [6.45, 7) is 10.1. The third kappa shape index (κ3) is 3.91. The molecule has 2 rings (SSSR count). The van der Waals surface area contributed by atoms with Crippen LogP contribution in [0.25, 0.3) is 0 Å². The minimum Gasteiger partial charge on any atom is -0.465 e. The Balaban J connectivity index is 2.10. The molecular formula is C18H30O6. The van der Waals surface area contributed by atoms with Crippen LogP contribution >= 0.6 is 0 Å². The largest absolute Gasteiger partial charge is 0.465 e. The summed E-state index contributed by atoms with van der Waals surface area (Å²) in [6.07, 6.45) is 1.30. The number of carbonyl (C=O) groups excluding carboxylic acids is 2. The highest BCUT2D eigenvalue weighted by Gasteiger charge is 2.61. The molecule has 2 bridgehead atoms. The van der Waals surface area contributed by atoms with E-state index in [1.807, 2.05) is 20.8 Å². The summed E-state index contributed by atoms with van der Waals surface area (Å²) in [7, 11) is 0. The Morgan fingerprint density at radius 3 is 2.04 bits per heavy atom. The van der Waals surface area contributed by atoms with Crippen LogP contribution in [-0.4, -0.2) is 36.0 Å². The molecule has 6 nitrogen and oxygen atoms in total. The van der Waals surface area contributed by atoms with Crippen LogP contribution in [0.3, 0.4) is 0 Å². The van der Waals surface area contributed by atoms with Gasteiger partial charge in [0.1, 0.15) is 5.60 Å². The Hall–Kier alpha value is -1.14. The third-order valence-electron chi connectivity index (χ3n) is 5.61. The van der Waals surface area contributed by atoms with Crippen molar-refractivity contribution < 1.29 is 29.2 Å². The summed E-state index contributed by atoms with van der Waals surface area (Å²) in [5, 5.41) is 8.31. The number of ether oxygens (including phenoxy) is 2. The molecular weight excluding hydrogens is 312 g/mol. The van der Waals surface area contributed by atoms with E-state index in [9.17, 15) is 9.59 Å². The van der Waals surface area contributed by atoms with Gasteiger partial charge < -0.3 is 9.47 Å². The highest BCUT2D eigenvalue weighted by Crippen LogP contribution is 2.58. The van der Waals surface area contributed by atoms with E-state index in [0.29, 0.717) is 18.3 Å². The van der Waals surface area contributed by atoms with Gasteiger partial charge >= 0.3 is 11.9 Å². The van der Waals surface area contributed by atoms with Crippen molar-refractivity contribution in [3.8, 4) is 0 Å². The van der Waals surface area contributed by atoms with Gasteiger partial charge in [0.05, 0.1) is 25.0 Å². The number of hydrogen-bond acceptors (Lipinski definition) is 6. The number of fused-ring (bicyclic) bond motifs is 2. The molecule has 6 heteroatoms. The van der Waals surface area contributed by atoms with Crippen LogP contribution in [0.1, 0.15) is 47.5 Å². The normalized spacial score (nSPS) is 35.1. The second-order valence-corrected chi connectivity index (χ2v) is 8.22. The molecule has 1 N–H and O–H groups in total. The fraction of sp³-hybridized carbons (Fsp3) is 0.889. The fourth-order valence-corrected chi connectivity index (χ4v) is 4.41. The van der Waals surface area contributed by atoms with E-state index in [1.165, 1.54) is 0 Å². The second-order valence-electron chi connectivity index (χ2n) is 8.22. The van der Waals surface area contributed by atoms with Crippen LogP contribution in [0, 0.1) is 35.5 Å². The molecule has 2 aliphatic rings. The average Bonchev–Trinajstić information content (AvgIpc) is 2.99. The number of hydrogen-bond donors (Lipinski definition) is 1. The monoisotopic (exact) mass is 342 g/mol. The van der Waals surface area contributed by atoms with Crippen molar-refractivity contribution in [2.24, 2.45) is 35.5 Å². The fourth-order valence-electron chi connectivity index (χ4n) is 4.41. The zero-order valence-electron chi connectivity index (χ0n) is 15.3.